The van der Waals surface area contributed by atoms with E-state index in [0.29, 0.717) is 12.4 Å². The Labute approximate surface area is 123 Å². The van der Waals surface area contributed by atoms with E-state index >= 15 is 0 Å². The van der Waals surface area contributed by atoms with Crippen molar-refractivity contribution in [2.75, 3.05) is 19.0 Å². The molecular weight excluding hydrogens is 279 g/mol. The van der Waals surface area contributed by atoms with Gasteiger partial charge in [-0.15, -0.1) is 11.6 Å². The maximum Gasteiger partial charge on any atom is 0.246 e. The number of amides is 1. The molecule has 1 aromatic carbocycles. The largest absolute Gasteiger partial charge is 0.273 e. The maximum absolute atomic E-state index is 13.4. The second-order valence-electron chi connectivity index (χ2n) is 5.66. The molecule has 0 saturated carbocycles. The normalized spacial score (nSPS) is 30.1. The van der Waals surface area contributed by atoms with Gasteiger partial charge in [0.15, 0.2) is 0 Å². The first-order valence-corrected chi connectivity index (χ1v) is 7.55. The minimum Gasteiger partial charge on any atom is -0.273 e. The van der Waals surface area contributed by atoms with Crippen LogP contribution in [0.1, 0.15) is 31.4 Å². The number of alkyl halides is 1. The lowest BCUT2D eigenvalue weighted by Gasteiger charge is -2.27. The Kier molecular flexibility index (Phi) is 3.46. The van der Waals surface area contributed by atoms with E-state index in [0.717, 1.165) is 24.9 Å². The van der Waals surface area contributed by atoms with Gasteiger partial charge in [-0.25, -0.2) is 9.40 Å². The molecular formula is C15H18ClFN2O. The zero-order valence-corrected chi connectivity index (χ0v) is 12.2. The summed E-state index contributed by atoms with van der Waals surface area (Å²) in [4.78, 5) is 12.7. The van der Waals surface area contributed by atoms with Gasteiger partial charge in [0.25, 0.3) is 0 Å². The highest BCUT2D eigenvalue weighted by molar-refractivity contribution is 6.20. The number of rotatable bonds is 3. The van der Waals surface area contributed by atoms with Gasteiger partial charge in [-0.3, -0.25) is 9.80 Å². The average molecular weight is 297 g/mol. The van der Waals surface area contributed by atoms with Crippen LogP contribution in [0.25, 0.3) is 0 Å². The number of carbonyl (C=O) groups is 1. The van der Waals surface area contributed by atoms with Crippen LogP contribution in [0.2, 0.25) is 0 Å². The monoisotopic (exact) mass is 296 g/mol. The zero-order chi connectivity index (χ0) is 14.3. The van der Waals surface area contributed by atoms with Gasteiger partial charge in [-0.05, 0) is 30.5 Å². The molecule has 0 bridgehead atoms. The molecule has 3 nitrogen and oxygen atoms in total. The number of carbonyl (C=O) groups excluding carboxylic acids is 1. The summed E-state index contributed by atoms with van der Waals surface area (Å²) in [6.07, 6.45) is 1.58. The van der Waals surface area contributed by atoms with Crippen molar-refractivity contribution in [2.24, 2.45) is 5.41 Å². The van der Waals surface area contributed by atoms with Crippen molar-refractivity contribution in [3.8, 4) is 0 Å². The van der Waals surface area contributed by atoms with E-state index in [4.69, 9.17) is 11.6 Å². The molecule has 1 amide bonds. The quantitative estimate of drug-likeness (QED) is 0.801. The Balaban J connectivity index is 1.92. The molecule has 2 aliphatic rings. The van der Waals surface area contributed by atoms with E-state index in [-0.39, 0.29) is 17.8 Å². The first-order valence-electron chi connectivity index (χ1n) is 7.01. The van der Waals surface area contributed by atoms with Crippen LogP contribution in [-0.2, 0) is 4.79 Å². The number of fused-ring (bicyclic) bond motifs is 1. The fourth-order valence-corrected chi connectivity index (χ4v) is 3.65. The van der Waals surface area contributed by atoms with Gasteiger partial charge in [0.05, 0.1) is 11.5 Å². The summed E-state index contributed by atoms with van der Waals surface area (Å²) in [6, 6.07) is 6.47. The summed E-state index contributed by atoms with van der Waals surface area (Å²) in [6.45, 7) is 3.50. The lowest BCUT2D eigenvalue weighted by Crippen LogP contribution is -2.38. The lowest BCUT2D eigenvalue weighted by atomic mass is 9.86. The van der Waals surface area contributed by atoms with Crippen LogP contribution in [-0.4, -0.2) is 34.9 Å². The van der Waals surface area contributed by atoms with Crippen molar-refractivity contribution in [3.05, 3.63) is 35.6 Å². The van der Waals surface area contributed by atoms with Gasteiger partial charge < -0.3 is 0 Å². The van der Waals surface area contributed by atoms with E-state index in [1.54, 1.807) is 11.1 Å². The number of halogens is 2. The fourth-order valence-electron chi connectivity index (χ4n) is 3.26. The molecule has 108 valence electrons. The van der Waals surface area contributed by atoms with Crippen molar-refractivity contribution in [2.45, 2.75) is 25.8 Å². The van der Waals surface area contributed by atoms with Gasteiger partial charge in [0, 0.05) is 19.0 Å². The van der Waals surface area contributed by atoms with E-state index in [9.17, 15) is 9.18 Å². The van der Waals surface area contributed by atoms with Crippen LogP contribution >= 0.6 is 11.6 Å². The Bertz CT molecular complexity index is 532. The molecule has 2 saturated heterocycles. The highest BCUT2D eigenvalue weighted by Crippen LogP contribution is 2.44. The number of hydrogen-bond acceptors (Lipinski definition) is 2. The van der Waals surface area contributed by atoms with Gasteiger partial charge in [0.1, 0.15) is 5.82 Å². The molecule has 0 aliphatic carbocycles. The summed E-state index contributed by atoms with van der Waals surface area (Å²) in [5.41, 5.74) is 0.385. The van der Waals surface area contributed by atoms with Gasteiger partial charge in [-0.2, -0.15) is 0 Å². The molecule has 3 rings (SSSR count). The summed E-state index contributed by atoms with van der Waals surface area (Å²) >= 11 is 6.06. The molecule has 5 heteroatoms. The second kappa shape index (κ2) is 5.01. The minimum atomic E-state index is -0.479. The van der Waals surface area contributed by atoms with Crippen LogP contribution in [0.3, 0.4) is 0 Å². The van der Waals surface area contributed by atoms with Crippen LogP contribution in [0.15, 0.2) is 24.3 Å². The molecule has 1 aromatic rings. The van der Waals surface area contributed by atoms with Gasteiger partial charge in [-0.1, -0.05) is 19.1 Å². The van der Waals surface area contributed by atoms with Crippen LogP contribution < -0.4 is 0 Å². The third kappa shape index (κ3) is 1.93. The molecule has 2 fully saturated rings. The number of hydrazine groups is 1. The lowest BCUT2D eigenvalue weighted by molar-refractivity contribution is -0.142. The summed E-state index contributed by atoms with van der Waals surface area (Å²) in [5.74, 6) is 0.166. The van der Waals surface area contributed by atoms with Crippen LogP contribution in [0.5, 0.6) is 0 Å². The number of benzene rings is 1. The molecule has 0 spiro atoms. The van der Waals surface area contributed by atoms with Gasteiger partial charge in [0.2, 0.25) is 5.91 Å². The predicted molar refractivity (Wildman–Crippen MR) is 75.6 cm³/mol. The molecule has 1 unspecified atom stereocenters. The van der Waals surface area contributed by atoms with Crippen molar-refractivity contribution in [3.63, 3.8) is 0 Å². The Morgan fingerprint density at radius 1 is 1.50 bits per heavy atom. The second-order valence-corrected chi connectivity index (χ2v) is 5.93. The fraction of sp³-hybridized carbons (Fsp3) is 0.533. The Hall–Kier alpha value is -1.13. The zero-order valence-electron chi connectivity index (χ0n) is 11.5. The topological polar surface area (TPSA) is 23.6 Å². The predicted octanol–water partition coefficient (Wildman–Crippen LogP) is 2.96. The smallest absolute Gasteiger partial charge is 0.246 e. The highest BCUT2D eigenvalue weighted by atomic mass is 35.5. The molecule has 0 N–H and O–H groups in total. The first-order chi connectivity index (χ1) is 9.61. The SMILES string of the molecule is CCC1(CCl)CN2CC[C@H](c3cccc(F)c3)N2C1=O. The van der Waals surface area contributed by atoms with Crippen LogP contribution in [0.4, 0.5) is 4.39 Å². The highest BCUT2D eigenvalue weighted by Gasteiger charge is 2.53. The minimum absolute atomic E-state index is 0.0603. The Morgan fingerprint density at radius 3 is 2.95 bits per heavy atom. The van der Waals surface area contributed by atoms with E-state index < -0.39 is 5.41 Å². The third-order valence-corrected chi connectivity index (χ3v) is 5.09. The number of nitrogens with zero attached hydrogens (tertiary/aromatic N) is 2. The molecule has 0 radical (unpaired) electrons. The third-order valence-electron chi connectivity index (χ3n) is 4.57. The van der Waals surface area contributed by atoms with Crippen molar-refractivity contribution in [1.29, 1.82) is 0 Å². The summed E-state index contributed by atoms with van der Waals surface area (Å²) < 4.78 is 13.4. The molecule has 20 heavy (non-hydrogen) atoms. The molecule has 0 aromatic heterocycles. The first kappa shape index (κ1) is 13.8. The van der Waals surface area contributed by atoms with E-state index in [1.807, 2.05) is 13.0 Å². The maximum atomic E-state index is 13.4. The van der Waals surface area contributed by atoms with Crippen molar-refractivity contribution >= 4 is 17.5 Å². The molecule has 2 atom stereocenters. The average Bonchev–Trinajstić information content (AvgIpc) is 2.98. The number of hydrogen-bond donors (Lipinski definition) is 0. The van der Waals surface area contributed by atoms with E-state index in [2.05, 4.69) is 5.01 Å². The van der Waals surface area contributed by atoms with E-state index in [1.165, 1.54) is 12.1 Å². The van der Waals surface area contributed by atoms with Crippen molar-refractivity contribution in [1.82, 2.24) is 10.0 Å². The van der Waals surface area contributed by atoms with Gasteiger partial charge >= 0.3 is 0 Å². The Morgan fingerprint density at radius 2 is 2.30 bits per heavy atom. The summed E-state index contributed by atoms with van der Waals surface area (Å²) in [7, 11) is 0. The van der Waals surface area contributed by atoms with Crippen LogP contribution in [0, 0.1) is 11.2 Å². The standard InChI is InChI=1S/C15H18ClFN2O/c1-2-15(9-16)10-18-7-6-13(19(18)14(15)20)11-4-3-5-12(17)8-11/h3-5,8,13H,2,6-7,9-10H2,1H3/t13-,15?/m1/s1. The molecule has 2 heterocycles. The summed E-state index contributed by atoms with van der Waals surface area (Å²) in [5, 5.41) is 3.88. The molecule has 2 aliphatic heterocycles. The van der Waals surface area contributed by atoms with Crippen molar-refractivity contribution < 1.29 is 9.18 Å².